The number of aryl methyl sites for hydroxylation is 2. The summed E-state index contributed by atoms with van der Waals surface area (Å²) in [4.78, 5) is 13.6. The second kappa shape index (κ2) is 8.24. The molecule has 1 aromatic carbocycles. The third-order valence-electron chi connectivity index (χ3n) is 4.04. The lowest BCUT2D eigenvalue weighted by molar-refractivity contribution is -0.114. The van der Waals surface area contributed by atoms with Gasteiger partial charge in [-0.1, -0.05) is 11.8 Å². The number of hydrogen-bond acceptors (Lipinski definition) is 5. The smallest absolute Gasteiger partial charge is 0.285 e. The number of carbonyl (C=O) groups excluding carboxylic acids is 1. The van der Waals surface area contributed by atoms with E-state index < -0.39 is 0 Å². The molecule has 0 spiro atoms. The van der Waals surface area contributed by atoms with Crippen LogP contribution in [0.15, 0.2) is 29.2 Å². The van der Waals surface area contributed by atoms with Gasteiger partial charge in [-0.15, -0.1) is 0 Å². The second-order valence-electron chi connectivity index (χ2n) is 5.89. The van der Waals surface area contributed by atoms with Gasteiger partial charge in [0.2, 0.25) is 0 Å². The van der Waals surface area contributed by atoms with Crippen molar-refractivity contribution >= 4 is 62.9 Å². The lowest BCUT2D eigenvalue weighted by Crippen LogP contribution is -2.39. The van der Waals surface area contributed by atoms with Crippen molar-refractivity contribution < 1.29 is 14.3 Å². The zero-order valence-corrected chi connectivity index (χ0v) is 19.2. The average molecular weight is 514 g/mol. The van der Waals surface area contributed by atoms with Crippen LogP contribution in [0.25, 0.3) is 6.08 Å². The first-order chi connectivity index (χ1) is 12.9. The Bertz CT molecular complexity index is 933. The van der Waals surface area contributed by atoms with E-state index in [1.807, 2.05) is 55.8 Å². The molecule has 0 atom stereocenters. The van der Waals surface area contributed by atoms with Gasteiger partial charge in [-0.2, -0.15) is 5.01 Å². The Balaban J connectivity index is 1.99. The molecule has 3 rings (SSSR count). The molecule has 0 unspecified atom stereocenters. The lowest BCUT2D eigenvalue weighted by atomic mass is 10.2. The molecule has 1 aliphatic rings. The molecule has 8 heteroatoms. The van der Waals surface area contributed by atoms with Crippen LogP contribution in [0.4, 0.5) is 0 Å². The van der Waals surface area contributed by atoms with Gasteiger partial charge in [-0.25, -0.2) is 0 Å². The van der Waals surface area contributed by atoms with Gasteiger partial charge in [-0.3, -0.25) is 9.47 Å². The molecule has 1 fully saturated rings. The Labute approximate surface area is 181 Å². The van der Waals surface area contributed by atoms with E-state index in [9.17, 15) is 4.79 Å². The van der Waals surface area contributed by atoms with Crippen LogP contribution in [0.5, 0.6) is 11.5 Å². The van der Waals surface area contributed by atoms with E-state index in [-0.39, 0.29) is 5.91 Å². The van der Waals surface area contributed by atoms with E-state index in [4.69, 9.17) is 21.7 Å². The highest BCUT2D eigenvalue weighted by Crippen LogP contribution is 2.37. The van der Waals surface area contributed by atoms with Crippen molar-refractivity contribution in [1.82, 2.24) is 4.68 Å². The molecular formula is C19H19IN2O3S2. The van der Waals surface area contributed by atoms with Crippen molar-refractivity contribution in [1.29, 1.82) is 0 Å². The third-order valence-corrected chi connectivity index (χ3v) is 6.13. The first kappa shape index (κ1) is 20.2. The Morgan fingerprint density at radius 1 is 1.26 bits per heavy atom. The predicted octanol–water partition coefficient (Wildman–Crippen LogP) is 4.65. The SMILES string of the molecule is CCOc1cc(/C=C2/SC(=S)N(n3c(C)ccc3C)C2=O)cc(I)c1OC. The molecule has 1 saturated heterocycles. The molecule has 1 aromatic heterocycles. The zero-order chi connectivity index (χ0) is 19.7. The van der Waals surface area contributed by atoms with Crippen molar-refractivity contribution in [2.45, 2.75) is 20.8 Å². The highest BCUT2D eigenvalue weighted by atomic mass is 127. The fourth-order valence-corrected chi connectivity index (χ4v) is 4.98. The summed E-state index contributed by atoms with van der Waals surface area (Å²) >= 11 is 8.97. The van der Waals surface area contributed by atoms with Crippen LogP contribution in [0, 0.1) is 17.4 Å². The molecule has 2 heterocycles. The summed E-state index contributed by atoms with van der Waals surface area (Å²) in [5.41, 5.74) is 2.79. The number of aromatic nitrogens is 1. The minimum absolute atomic E-state index is 0.129. The van der Waals surface area contributed by atoms with Gasteiger partial charge in [0.25, 0.3) is 5.91 Å². The normalized spacial score (nSPS) is 15.7. The standard InChI is InChI=1S/C19H19IN2O3S2/c1-5-25-15-9-13(8-14(20)17(15)24-4)10-16-18(23)22(19(26)27-16)21-11(2)6-7-12(21)3/h6-10H,5H2,1-4H3/b16-10+. The number of halogens is 1. The molecule has 0 aliphatic carbocycles. The minimum Gasteiger partial charge on any atom is -0.492 e. The summed E-state index contributed by atoms with van der Waals surface area (Å²) in [7, 11) is 1.62. The molecule has 142 valence electrons. The molecule has 27 heavy (non-hydrogen) atoms. The molecule has 1 aliphatic heterocycles. The van der Waals surface area contributed by atoms with Crippen molar-refractivity contribution in [2.24, 2.45) is 0 Å². The fraction of sp³-hybridized carbons (Fsp3) is 0.263. The summed E-state index contributed by atoms with van der Waals surface area (Å²) in [6, 6.07) is 7.78. The first-order valence-corrected chi connectivity index (χ1v) is 10.6. The number of carbonyl (C=O) groups is 1. The number of ether oxygens (including phenoxy) is 2. The van der Waals surface area contributed by atoms with Crippen molar-refractivity contribution in [3.05, 3.63) is 49.7 Å². The van der Waals surface area contributed by atoms with Crippen LogP contribution < -0.4 is 14.5 Å². The van der Waals surface area contributed by atoms with E-state index in [1.165, 1.54) is 11.8 Å². The van der Waals surface area contributed by atoms with E-state index in [0.717, 1.165) is 20.5 Å². The quantitative estimate of drug-likeness (QED) is 0.330. The summed E-state index contributed by atoms with van der Waals surface area (Å²) in [5.74, 6) is 1.22. The molecule has 0 radical (unpaired) electrons. The van der Waals surface area contributed by atoms with Crippen molar-refractivity contribution in [3.63, 3.8) is 0 Å². The van der Waals surface area contributed by atoms with Crippen LogP contribution in [0.1, 0.15) is 23.9 Å². The summed E-state index contributed by atoms with van der Waals surface area (Å²) in [5, 5.41) is 1.55. The Hall–Kier alpha value is -1.52. The van der Waals surface area contributed by atoms with Gasteiger partial charge in [0.1, 0.15) is 0 Å². The summed E-state index contributed by atoms with van der Waals surface area (Å²) in [6.07, 6.45) is 1.84. The third kappa shape index (κ3) is 3.88. The van der Waals surface area contributed by atoms with Gasteiger partial charge >= 0.3 is 0 Å². The number of nitrogens with zero attached hydrogens (tertiary/aromatic N) is 2. The second-order valence-corrected chi connectivity index (χ2v) is 8.73. The van der Waals surface area contributed by atoms with E-state index in [1.54, 1.807) is 12.1 Å². The summed E-state index contributed by atoms with van der Waals surface area (Å²) < 4.78 is 14.4. The number of amides is 1. The van der Waals surface area contributed by atoms with Gasteiger partial charge in [0, 0.05) is 11.4 Å². The Morgan fingerprint density at radius 2 is 1.93 bits per heavy atom. The predicted molar refractivity (Wildman–Crippen MR) is 122 cm³/mol. The van der Waals surface area contributed by atoms with E-state index in [2.05, 4.69) is 22.6 Å². The number of thiocarbonyl (C=S) groups is 1. The molecule has 0 N–H and O–H groups in total. The maximum atomic E-state index is 13.0. The molecular weight excluding hydrogens is 495 g/mol. The van der Waals surface area contributed by atoms with Gasteiger partial charge in [0.15, 0.2) is 15.8 Å². The number of hydrogen-bond donors (Lipinski definition) is 0. The van der Waals surface area contributed by atoms with Gasteiger partial charge < -0.3 is 9.47 Å². The van der Waals surface area contributed by atoms with Gasteiger partial charge in [0.05, 0.1) is 22.2 Å². The molecule has 5 nitrogen and oxygen atoms in total. The van der Waals surface area contributed by atoms with Gasteiger partial charge in [-0.05, 0) is 91.5 Å². The molecule has 1 amide bonds. The number of rotatable bonds is 5. The molecule has 0 bridgehead atoms. The Morgan fingerprint density at radius 3 is 2.52 bits per heavy atom. The average Bonchev–Trinajstić information content (AvgIpc) is 3.07. The van der Waals surface area contributed by atoms with Crippen LogP contribution in [-0.2, 0) is 4.79 Å². The first-order valence-electron chi connectivity index (χ1n) is 8.30. The highest BCUT2D eigenvalue weighted by Gasteiger charge is 2.34. The van der Waals surface area contributed by atoms with Crippen molar-refractivity contribution in [3.8, 4) is 11.5 Å². The number of thioether (sulfide) groups is 1. The maximum absolute atomic E-state index is 13.0. The minimum atomic E-state index is -0.129. The van der Waals surface area contributed by atoms with Crippen LogP contribution in [0.2, 0.25) is 0 Å². The topological polar surface area (TPSA) is 43.7 Å². The van der Waals surface area contributed by atoms with Crippen LogP contribution in [-0.4, -0.2) is 28.6 Å². The van der Waals surface area contributed by atoms with E-state index >= 15 is 0 Å². The summed E-state index contributed by atoms with van der Waals surface area (Å²) in [6.45, 7) is 6.36. The molecule has 2 aromatic rings. The lowest BCUT2D eigenvalue weighted by Gasteiger charge is -2.20. The fourth-order valence-electron chi connectivity index (χ4n) is 2.89. The zero-order valence-electron chi connectivity index (χ0n) is 15.4. The van der Waals surface area contributed by atoms with E-state index in [0.29, 0.717) is 27.3 Å². The largest absolute Gasteiger partial charge is 0.492 e. The Kier molecular flexibility index (Phi) is 6.17. The highest BCUT2D eigenvalue weighted by molar-refractivity contribution is 14.1. The number of methoxy groups -OCH3 is 1. The van der Waals surface area contributed by atoms with Crippen LogP contribution in [0.3, 0.4) is 0 Å². The van der Waals surface area contributed by atoms with Crippen molar-refractivity contribution in [2.75, 3.05) is 18.7 Å². The monoisotopic (exact) mass is 514 g/mol. The maximum Gasteiger partial charge on any atom is 0.285 e. The van der Waals surface area contributed by atoms with Crippen LogP contribution >= 0.6 is 46.6 Å². The molecule has 0 saturated carbocycles. The number of benzene rings is 1.